The molecule has 1 aromatic rings. The molecule has 106 valence electrons. The van der Waals surface area contributed by atoms with Crippen LogP contribution in [0.2, 0.25) is 0 Å². The van der Waals surface area contributed by atoms with E-state index in [4.69, 9.17) is 4.74 Å². The van der Waals surface area contributed by atoms with Crippen LogP contribution in [0.1, 0.15) is 27.6 Å². The van der Waals surface area contributed by atoms with Crippen molar-refractivity contribution in [2.45, 2.75) is 13.0 Å². The third-order valence-electron chi connectivity index (χ3n) is 3.33. The van der Waals surface area contributed by atoms with E-state index >= 15 is 0 Å². The predicted molar refractivity (Wildman–Crippen MR) is 75.7 cm³/mol. The Bertz CT molecular complexity index is 537. The van der Waals surface area contributed by atoms with Crippen LogP contribution >= 0.6 is 15.9 Å². The normalized spacial score (nSPS) is 16.9. The molecule has 0 radical (unpaired) electrons. The van der Waals surface area contributed by atoms with Crippen molar-refractivity contribution >= 4 is 33.7 Å². The molecule has 2 rings (SSSR count). The molecule has 2 atom stereocenters. The Balaban J connectivity index is 2.44. The zero-order chi connectivity index (χ0) is 14.9. The van der Waals surface area contributed by atoms with E-state index in [9.17, 15) is 14.4 Å². The monoisotopic (exact) mass is 339 g/mol. The van der Waals surface area contributed by atoms with Crippen LogP contribution in [-0.4, -0.2) is 41.2 Å². The van der Waals surface area contributed by atoms with E-state index < -0.39 is 23.8 Å². The van der Waals surface area contributed by atoms with Gasteiger partial charge < -0.3 is 4.74 Å². The van der Waals surface area contributed by atoms with Gasteiger partial charge in [-0.2, -0.15) is 0 Å². The van der Waals surface area contributed by atoms with E-state index in [0.717, 1.165) is 4.90 Å². The number of amides is 2. The van der Waals surface area contributed by atoms with Gasteiger partial charge in [0.15, 0.2) is 0 Å². The highest BCUT2D eigenvalue weighted by molar-refractivity contribution is 9.09. The van der Waals surface area contributed by atoms with Gasteiger partial charge in [-0.05, 0) is 18.1 Å². The number of rotatable bonds is 4. The lowest BCUT2D eigenvalue weighted by Crippen LogP contribution is -2.49. The molecular formula is C14H14BrNO4. The highest BCUT2D eigenvalue weighted by Crippen LogP contribution is 2.28. The molecular weight excluding hydrogens is 326 g/mol. The lowest BCUT2D eigenvalue weighted by atomic mass is 10.0. The maximum atomic E-state index is 12.4. The molecule has 0 N–H and O–H groups in total. The van der Waals surface area contributed by atoms with Crippen LogP contribution < -0.4 is 0 Å². The summed E-state index contributed by atoms with van der Waals surface area (Å²) in [6.45, 7) is 1.78. The van der Waals surface area contributed by atoms with Gasteiger partial charge in [0.25, 0.3) is 11.8 Å². The van der Waals surface area contributed by atoms with Gasteiger partial charge in [-0.1, -0.05) is 35.0 Å². The lowest BCUT2D eigenvalue weighted by molar-refractivity contribution is -0.146. The number of ether oxygens (including phenoxy) is 1. The molecule has 1 aliphatic rings. The van der Waals surface area contributed by atoms with Crippen molar-refractivity contribution in [3.63, 3.8) is 0 Å². The number of esters is 1. The Morgan fingerprint density at radius 1 is 1.25 bits per heavy atom. The van der Waals surface area contributed by atoms with E-state index in [0.29, 0.717) is 16.5 Å². The SMILES string of the molecule is COC(=O)[C@H]([C@@H](C)CBr)N1C(=O)c2ccccc2C1=O. The molecule has 20 heavy (non-hydrogen) atoms. The first-order valence-corrected chi connectivity index (χ1v) is 7.25. The van der Waals surface area contributed by atoms with Crippen LogP contribution in [0.3, 0.4) is 0 Å². The topological polar surface area (TPSA) is 63.7 Å². The molecule has 2 amide bonds. The van der Waals surface area contributed by atoms with Gasteiger partial charge in [0.1, 0.15) is 6.04 Å². The standard InChI is InChI=1S/C14H14BrNO4/c1-8(7-15)11(14(19)20-2)16-12(17)9-5-3-4-6-10(9)13(16)18/h3-6,8,11H,7H2,1-2H3/t8-,11-/m0/s1. The van der Waals surface area contributed by atoms with Crippen molar-refractivity contribution in [2.24, 2.45) is 5.92 Å². The summed E-state index contributed by atoms with van der Waals surface area (Å²) in [7, 11) is 1.24. The quantitative estimate of drug-likeness (QED) is 0.477. The van der Waals surface area contributed by atoms with E-state index in [1.54, 1.807) is 31.2 Å². The van der Waals surface area contributed by atoms with Crippen LogP contribution in [0.15, 0.2) is 24.3 Å². The van der Waals surface area contributed by atoms with E-state index in [1.807, 2.05) is 0 Å². The number of methoxy groups -OCH3 is 1. The number of halogens is 1. The summed E-state index contributed by atoms with van der Waals surface area (Å²) in [6, 6.07) is 5.63. The molecule has 0 saturated heterocycles. The van der Waals surface area contributed by atoms with Gasteiger partial charge in [-0.15, -0.1) is 0 Å². The lowest BCUT2D eigenvalue weighted by Gasteiger charge is -2.27. The number of hydrogen-bond acceptors (Lipinski definition) is 4. The van der Waals surface area contributed by atoms with Crippen LogP contribution in [0, 0.1) is 5.92 Å². The average molecular weight is 340 g/mol. The largest absolute Gasteiger partial charge is 0.467 e. The van der Waals surface area contributed by atoms with Crippen molar-refractivity contribution in [1.29, 1.82) is 0 Å². The second kappa shape index (κ2) is 5.75. The smallest absolute Gasteiger partial charge is 0.329 e. The van der Waals surface area contributed by atoms with Crippen LogP contribution in [0.5, 0.6) is 0 Å². The number of carbonyl (C=O) groups excluding carboxylic acids is 3. The number of hydrogen-bond donors (Lipinski definition) is 0. The maximum absolute atomic E-state index is 12.4. The van der Waals surface area contributed by atoms with Crippen molar-refractivity contribution < 1.29 is 19.1 Å². The zero-order valence-electron chi connectivity index (χ0n) is 11.1. The number of alkyl halides is 1. The number of nitrogens with zero attached hydrogens (tertiary/aromatic N) is 1. The fraction of sp³-hybridized carbons (Fsp3) is 0.357. The number of fused-ring (bicyclic) bond motifs is 1. The number of carbonyl (C=O) groups is 3. The van der Waals surface area contributed by atoms with Gasteiger partial charge in [0.05, 0.1) is 18.2 Å². The summed E-state index contributed by atoms with van der Waals surface area (Å²) < 4.78 is 4.74. The summed E-state index contributed by atoms with van der Waals surface area (Å²) in [5, 5.41) is 0.472. The first-order valence-electron chi connectivity index (χ1n) is 6.13. The Morgan fingerprint density at radius 3 is 2.15 bits per heavy atom. The summed E-state index contributed by atoms with van der Waals surface area (Å²) >= 11 is 3.28. The highest BCUT2D eigenvalue weighted by atomic mass is 79.9. The molecule has 1 aliphatic heterocycles. The van der Waals surface area contributed by atoms with E-state index in [-0.39, 0.29) is 5.92 Å². The van der Waals surface area contributed by atoms with Crippen molar-refractivity contribution in [2.75, 3.05) is 12.4 Å². The molecule has 0 unspecified atom stereocenters. The molecule has 0 fully saturated rings. The van der Waals surface area contributed by atoms with Crippen LogP contribution in [-0.2, 0) is 9.53 Å². The van der Waals surface area contributed by atoms with Crippen LogP contribution in [0.4, 0.5) is 0 Å². The van der Waals surface area contributed by atoms with E-state index in [2.05, 4.69) is 15.9 Å². The summed E-state index contributed by atoms with van der Waals surface area (Å²) in [6.07, 6.45) is 0. The average Bonchev–Trinajstić information content (AvgIpc) is 2.72. The Hall–Kier alpha value is -1.69. The summed E-state index contributed by atoms with van der Waals surface area (Å²) in [4.78, 5) is 37.7. The Kier molecular flexibility index (Phi) is 4.23. The molecule has 5 nitrogen and oxygen atoms in total. The third kappa shape index (κ3) is 2.24. The predicted octanol–water partition coefficient (Wildman–Crippen LogP) is 1.86. The molecule has 0 aromatic heterocycles. The second-order valence-electron chi connectivity index (χ2n) is 4.63. The van der Waals surface area contributed by atoms with Gasteiger partial charge in [-0.25, -0.2) is 4.79 Å². The van der Waals surface area contributed by atoms with Crippen LogP contribution in [0.25, 0.3) is 0 Å². The molecule has 0 aliphatic carbocycles. The fourth-order valence-electron chi connectivity index (χ4n) is 2.26. The van der Waals surface area contributed by atoms with Gasteiger partial charge in [-0.3, -0.25) is 14.5 Å². The minimum absolute atomic E-state index is 0.246. The zero-order valence-corrected chi connectivity index (χ0v) is 12.7. The van der Waals surface area contributed by atoms with E-state index in [1.165, 1.54) is 7.11 Å². The number of benzene rings is 1. The molecule has 1 aromatic carbocycles. The van der Waals surface area contributed by atoms with Gasteiger partial charge in [0.2, 0.25) is 0 Å². The molecule has 1 heterocycles. The van der Waals surface area contributed by atoms with Crippen molar-refractivity contribution in [3.8, 4) is 0 Å². The molecule has 0 spiro atoms. The number of imide groups is 1. The second-order valence-corrected chi connectivity index (χ2v) is 5.27. The maximum Gasteiger partial charge on any atom is 0.329 e. The Labute approximate surface area is 125 Å². The van der Waals surface area contributed by atoms with Gasteiger partial charge >= 0.3 is 5.97 Å². The summed E-state index contributed by atoms with van der Waals surface area (Å²) in [5.74, 6) is -1.74. The first kappa shape index (κ1) is 14.7. The van der Waals surface area contributed by atoms with Crippen molar-refractivity contribution in [3.05, 3.63) is 35.4 Å². The first-order chi connectivity index (χ1) is 9.52. The molecule has 6 heteroatoms. The fourth-order valence-corrected chi connectivity index (χ4v) is 2.61. The molecule has 0 saturated carbocycles. The Morgan fingerprint density at radius 2 is 1.75 bits per heavy atom. The van der Waals surface area contributed by atoms with Gasteiger partial charge in [0, 0.05) is 5.33 Å². The minimum Gasteiger partial charge on any atom is -0.467 e. The summed E-state index contributed by atoms with van der Waals surface area (Å²) in [5.41, 5.74) is 0.654. The minimum atomic E-state index is -0.924. The van der Waals surface area contributed by atoms with Crippen molar-refractivity contribution in [1.82, 2.24) is 4.90 Å². The third-order valence-corrected chi connectivity index (χ3v) is 4.35. The highest BCUT2D eigenvalue weighted by Gasteiger charge is 2.45. The molecule has 0 bridgehead atoms.